The van der Waals surface area contributed by atoms with Gasteiger partial charge in [0.05, 0.1) is 12.8 Å². The third-order valence-electron chi connectivity index (χ3n) is 3.81. The summed E-state index contributed by atoms with van der Waals surface area (Å²) in [6.07, 6.45) is 5.69. The van der Waals surface area contributed by atoms with Crippen molar-refractivity contribution in [2.75, 3.05) is 12.4 Å². The highest BCUT2D eigenvalue weighted by Crippen LogP contribution is 2.31. The number of nitrogens with one attached hydrogen (secondary N) is 1. The van der Waals surface area contributed by atoms with Crippen LogP contribution in [0.2, 0.25) is 0 Å². The van der Waals surface area contributed by atoms with Crippen LogP contribution < -0.4 is 15.8 Å². The van der Waals surface area contributed by atoms with Crippen LogP contribution in [-0.2, 0) is 4.79 Å². The van der Waals surface area contributed by atoms with Gasteiger partial charge in [-0.15, -0.1) is 0 Å². The van der Waals surface area contributed by atoms with Crippen molar-refractivity contribution < 1.29 is 9.53 Å². The quantitative estimate of drug-likeness (QED) is 0.882. The normalized spacial score (nSPS) is 17.6. The zero-order valence-corrected chi connectivity index (χ0v) is 13.3. The Hall–Kier alpha value is -1.07. The number of methoxy groups -OCH3 is 1. The lowest BCUT2D eigenvalue weighted by atomic mass is 9.80. The van der Waals surface area contributed by atoms with Crippen molar-refractivity contribution in [2.45, 2.75) is 44.1 Å². The molecule has 0 saturated heterocycles. The molecule has 20 heavy (non-hydrogen) atoms. The van der Waals surface area contributed by atoms with Gasteiger partial charge in [-0.3, -0.25) is 4.79 Å². The number of hydrogen-bond donors (Lipinski definition) is 2. The maximum atomic E-state index is 12.2. The van der Waals surface area contributed by atoms with E-state index < -0.39 is 0 Å². The number of nitrogens with two attached hydrogens (primary N) is 1. The van der Waals surface area contributed by atoms with Gasteiger partial charge in [0.15, 0.2) is 0 Å². The molecule has 4 nitrogen and oxygen atoms in total. The van der Waals surface area contributed by atoms with Crippen LogP contribution in [0.1, 0.15) is 38.5 Å². The highest BCUT2D eigenvalue weighted by atomic mass is 79.9. The molecule has 1 aliphatic rings. The number of halogens is 1. The molecule has 1 fully saturated rings. The monoisotopic (exact) mass is 340 g/mol. The van der Waals surface area contributed by atoms with E-state index >= 15 is 0 Å². The predicted octanol–water partition coefficient (Wildman–Crippen LogP) is 3.45. The van der Waals surface area contributed by atoms with E-state index in [1.54, 1.807) is 13.2 Å². The summed E-state index contributed by atoms with van der Waals surface area (Å²) in [5.74, 6) is 0.673. The van der Waals surface area contributed by atoms with Gasteiger partial charge in [-0.2, -0.15) is 0 Å². The lowest BCUT2D eigenvalue weighted by molar-refractivity contribution is -0.117. The third kappa shape index (κ3) is 3.96. The van der Waals surface area contributed by atoms with Gasteiger partial charge in [0, 0.05) is 22.5 Å². The Balaban J connectivity index is 2.00. The molecule has 0 aromatic heterocycles. The first-order valence-corrected chi connectivity index (χ1v) is 7.74. The fraction of sp³-hybridized carbons (Fsp3) is 0.533. The second kappa shape index (κ2) is 6.59. The smallest absolute Gasteiger partial charge is 0.226 e. The number of carbonyl (C=O) groups excluding carboxylic acids is 1. The van der Waals surface area contributed by atoms with Crippen molar-refractivity contribution in [3.63, 3.8) is 0 Å². The van der Waals surface area contributed by atoms with Crippen molar-refractivity contribution >= 4 is 27.5 Å². The Kier molecular flexibility index (Phi) is 5.05. The zero-order valence-electron chi connectivity index (χ0n) is 11.7. The number of amides is 1. The number of benzene rings is 1. The molecule has 0 aliphatic heterocycles. The Morgan fingerprint density at radius 2 is 2.10 bits per heavy atom. The van der Waals surface area contributed by atoms with Gasteiger partial charge in [0.1, 0.15) is 5.75 Å². The van der Waals surface area contributed by atoms with Gasteiger partial charge in [0.2, 0.25) is 5.91 Å². The maximum absolute atomic E-state index is 12.2. The SMILES string of the molecule is COc1ccc(Br)c(NC(=O)CC2(N)CCCCC2)c1. The molecule has 1 saturated carbocycles. The van der Waals surface area contributed by atoms with E-state index in [9.17, 15) is 4.79 Å². The lowest BCUT2D eigenvalue weighted by Gasteiger charge is -2.32. The van der Waals surface area contributed by atoms with E-state index in [1.807, 2.05) is 12.1 Å². The van der Waals surface area contributed by atoms with Crippen LogP contribution in [0.3, 0.4) is 0 Å². The van der Waals surface area contributed by atoms with Crippen LogP contribution in [0.15, 0.2) is 22.7 Å². The summed E-state index contributed by atoms with van der Waals surface area (Å²) < 4.78 is 6.00. The highest BCUT2D eigenvalue weighted by molar-refractivity contribution is 9.10. The molecule has 0 bridgehead atoms. The van der Waals surface area contributed by atoms with Crippen molar-refractivity contribution in [2.24, 2.45) is 5.73 Å². The molecular formula is C15H21BrN2O2. The molecule has 3 N–H and O–H groups in total. The van der Waals surface area contributed by atoms with Crippen LogP contribution in [-0.4, -0.2) is 18.6 Å². The third-order valence-corrected chi connectivity index (χ3v) is 4.50. The van der Waals surface area contributed by atoms with Gasteiger partial charge in [-0.1, -0.05) is 19.3 Å². The lowest BCUT2D eigenvalue weighted by Crippen LogP contribution is -2.44. The standard InChI is InChI=1S/C15H21BrN2O2/c1-20-11-5-6-12(16)13(9-11)18-14(19)10-15(17)7-3-2-4-8-15/h5-6,9H,2-4,7-8,10,17H2,1H3,(H,18,19). The summed E-state index contributed by atoms with van der Waals surface area (Å²) in [5, 5.41) is 2.91. The van der Waals surface area contributed by atoms with Crippen LogP contribution >= 0.6 is 15.9 Å². The van der Waals surface area contributed by atoms with Crippen LogP contribution in [0, 0.1) is 0 Å². The molecule has 5 heteroatoms. The summed E-state index contributed by atoms with van der Waals surface area (Å²) >= 11 is 3.43. The molecule has 0 unspecified atom stereocenters. The van der Waals surface area contributed by atoms with Crippen molar-refractivity contribution in [1.29, 1.82) is 0 Å². The van der Waals surface area contributed by atoms with Crippen LogP contribution in [0.25, 0.3) is 0 Å². The summed E-state index contributed by atoms with van der Waals surface area (Å²) in [6.45, 7) is 0. The molecule has 0 radical (unpaired) electrons. The Morgan fingerprint density at radius 1 is 1.40 bits per heavy atom. The van der Waals surface area contributed by atoms with E-state index in [0.29, 0.717) is 17.9 Å². The molecule has 1 aromatic rings. The van der Waals surface area contributed by atoms with Gasteiger partial charge in [0.25, 0.3) is 0 Å². The minimum Gasteiger partial charge on any atom is -0.497 e. The number of rotatable bonds is 4. The molecule has 0 spiro atoms. The van der Waals surface area contributed by atoms with Gasteiger partial charge < -0.3 is 15.8 Å². The largest absolute Gasteiger partial charge is 0.497 e. The van der Waals surface area contributed by atoms with Crippen LogP contribution in [0.4, 0.5) is 5.69 Å². The molecule has 0 atom stereocenters. The Morgan fingerprint density at radius 3 is 2.75 bits per heavy atom. The molecule has 0 heterocycles. The molecule has 1 amide bonds. The van der Waals surface area contributed by atoms with Gasteiger partial charge >= 0.3 is 0 Å². The van der Waals surface area contributed by atoms with E-state index in [0.717, 1.165) is 30.2 Å². The van der Waals surface area contributed by atoms with E-state index in [1.165, 1.54) is 6.42 Å². The number of carbonyl (C=O) groups is 1. The predicted molar refractivity (Wildman–Crippen MR) is 83.9 cm³/mol. The van der Waals surface area contributed by atoms with Crippen molar-refractivity contribution in [3.8, 4) is 5.75 Å². The highest BCUT2D eigenvalue weighted by Gasteiger charge is 2.30. The molecule has 1 aromatic carbocycles. The minimum atomic E-state index is -0.340. The van der Waals surface area contributed by atoms with Crippen LogP contribution in [0.5, 0.6) is 5.75 Å². The fourth-order valence-electron chi connectivity index (χ4n) is 2.67. The summed E-state index contributed by atoms with van der Waals surface area (Å²) in [4.78, 5) is 12.2. The summed E-state index contributed by atoms with van der Waals surface area (Å²) in [5.41, 5.74) is 6.69. The Bertz CT molecular complexity index is 485. The average Bonchev–Trinajstić information content (AvgIpc) is 2.41. The first-order valence-electron chi connectivity index (χ1n) is 6.95. The molecular weight excluding hydrogens is 320 g/mol. The Labute approximate surface area is 128 Å². The first kappa shape index (κ1) is 15.3. The number of ether oxygens (including phenoxy) is 1. The topological polar surface area (TPSA) is 64.3 Å². The average molecular weight is 341 g/mol. The van der Waals surface area contributed by atoms with E-state index in [-0.39, 0.29) is 11.4 Å². The van der Waals surface area contributed by atoms with Crippen molar-refractivity contribution in [3.05, 3.63) is 22.7 Å². The summed E-state index contributed by atoms with van der Waals surface area (Å²) in [6, 6.07) is 5.49. The molecule has 110 valence electrons. The molecule has 2 rings (SSSR count). The second-order valence-electron chi connectivity index (χ2n) is 5.49. The minimum absolute atomic E-state index is 0.0386. The molecule has 1 aliphatic carbocycles. The van der Waals surface area contributed by atoms with Gasteiger partial charge in [-0.25, -0.2) is 0 Å². The van der Waals surface area contributed by atoms with E-state index in [2.05, 4.69) is 21.2 Å². The zero-order chi connectivity index (χ0) is 14.6. The first-order chi connectivity index (χ1) is 9.52. The van der Waals surface area contributed by atoms with Crippen molar-refractivity contribution in [1.82, 2.24) is 0 Å². The number of anilines is 1. The number of hydrogen-bond acceptors (Lipinski definition) is 3. The second-order valence-corrected chi connectivity index (χ2v) is 6.35. The maximum Gasteiger partial charge on any atom is 0.226 e. The fourth-order valence-corrected chi connectivity index (χ4v) is 3.02. The van der Waals surface area contributed by atoms with Gasteiger partial charge in [-0.05, 0) is 40.9 Å². The summed E-state index contributed by atoms with van der Waals surface area (Å²) in [7, 11) is 1.60. The van der Waals surface area contributed by atoms with E-state index in [4.69, 9.17) is 10.5 Å².